The topological polar surface area (TPSA) is 55.8 Å². The summed E-state index contributed by atoms with van der Waals surface area (Å²) in [5.74, 6) is 0. The van der Waals surface area contributed by atoms with Crippen molar-refractivity contribution in [2.75, 3.05) is 13.2 Å². The van der Waals surface area contributed by atoms with E-state index in [0.29, 0.717) is 13.2 Å². The van der Waals surface area contributed by atoms with E-state index in [1.807, 2.05) is 0 Å². The molecule has 0 aromatic carbocycles. The van der Waals surface area contributed by atoms with E-state index in [0.717, 1.165) is 6.29 Å². The van der Waals surface area contributed by atoms with Crippen LogP contribution in [0.15, 0.2) is 0 Å². The summed E-state index contributed by atoms with van der Waals surface area (Å²) in [6.45, 7) is 6.34. The van der Waals surface area contributed by atoms with E-state index >= 15 is 0 Å². The standard InChI is InChI=1S/C10H17NO4/c1-10(2,3)15-9(13)11-5-7-14-8(11)4-6-12/h6,8H,4-5,7H2,1-3H3. The summed E-state index contributed by atoms with van der Waals surface area (Å²) >= 11 is 0. The third-order valence-corrected chi connectivity index (χ3v) is 1.92. The number of nitrogens with zero attached hydrogens (tertiary/aromatic N) is 1. The number of carbonyl (C=O) groups excluding carboxylic acids is 2. The van der Waals surface area contributed by atoms with Gasteiger partial charge in [-0.2, -0.15) is 0 Å². The van der Waals surface area contributed by atoms with Crippen LogP contribution < -0.4 is 0 Å². The molecule has 1 unspecified atom stereocenters. The highest BCUT2D eigenvalue weighted by Gasteiger charge is 2.32. The Labute approximate surface area is 89.3 Å². The van der Waals surface area contributed by atoms with Gasteiger partial charge in [0.1, 0.15) is 18.1 Å². The molecule has 0 aromatic rings. The Morgan fingerprint density at radius 3 is 2.80 bits per heavy atom. The normalized spacial score (nSPS) is 21.5. The lowest BCUT2D eigenvalue weighted by Crippen LogP contribution is -2.40. The molecular weight excluding hydrogens is 198 g/mol. The summed E-state index contributed by atoms with van der Waals surface area (Å²) < 4.78 is 10.4. The fourth-order valence-corrected chi connectivity index (χ4v) is 1.33. The molecule has 0 saturated carbocycles. The zero-order valence-electron chi connectivity index (χ0n) is 9.36. The van der Waals surface area contributed by atoms with Crippen molar-refractivity contribution in [3.05, 3.63) is 0 Å². The summed E-state index contributed by atoms with van der Waals surface area (Å²) in [5.41, 5.74) is -0.522. The molecule has 15 heavy (non-hydrogen) atoms. The number of carbonyl (C=O) groups is 2. The Kier molecular flexibility index (Phi) is 3.68. The van der Waals surface area contributed by atoms with Crippen LogP contribution in [0.5, 0.6) is 0 Å². The van der Waals surface area contributed by atoms with Crippen molar-refractivity contribution in [3.8, 4) is 0 Å². The first-order chi connectivity index (χ1) is 6.94. The molecule has 1 aliphatic rings. The van der Waals surface area contributed by atoms with Crippen LogP contribution in [0.2, 0.25) is 0 Å². The predicted octanol–water partition coefficient (Wildman–Crippen LogP) is 1.17. The number of amides is 1. The van der Waals surface area contributed by atoms with E-state index in [4.69, 9.17) is 9.47 Å². The van der Waals surface area contributed by atoms with Gasteiger partial charge < -0.3 is 14.3 Å². The van der Waals surface area contributed by atoms with E-state index in [1.165, 1.54) is 4.90 Å². The second kappa shape index (κ2) is 4.61. The van der Waals surface area contributed by atoms with Crippen LogP contribution in [0.4, 0.5) is 4.79 Å². The lowest BCUT2D eigenvalue weighted by molar-refractivity contribution is -0.111. The van der Waals surface area contributed by atoms with Gasteiger partial charge in [0, 0.05) is 6.42 Å². The largest absolute Gasteiger partial charge is 0.444 e. The molecule has 1 aliphatic heterocycles. The van der Waals surface area contributed by atoms with Crippen molar-refractivity contribution in [1.29, 1.82) is 0 Å². The molecule has 5 nitrogen and oxygen atoms in total. The van der Waals surface area contributed by atoms with Gasteiger partial charge in [-0.25, -0.2) is 4.79 Å². The SMILES string of the molecule is CC(C)(C)OC(=O)N1CCOC1CC=O. The molecule has 1 fully saturated rings. The Morgan fingerprint density at radius 2 is 2.27 bits per heavy atom. The maximum absolute atomic E-state index is 11.7. The maximum atomic E-state index is 11.7. The number of hydrogen-bond acceptors (Lipinski definition) is 4. The highest BCUT2D eigenvalue weighted by Crippen LogP contribution is 2.17. The van der Waals surface area contributed by atoms with Crippen molar-refractivity contribution in [1.82, 2.24) is 4.90 Å². The van der Waals surface area contributed by atoms with E-state index in [-0.39, 0.29) is 6.42 Å². The van der Waals surface area contributed by atoms with Crippen LogP contribution in [-0.4, -0.2) is 42.3 Å². The fourth-order valence-electron chi connectivity index (χ4n) is 1.33. The van der Waals surface area contributed by atoms with Gasteiger partial charge in [0.05, 0.1) is 13.2 Å². The molecule has 1 rings (SSSR count). The highest BCUT2D eigenvalue weighted by molar-refractivity contribution is 5.69. The number of hydrogen-bond donors (Lipinski definition) is 0. The first-order valence-corrected chi connectivity index (χ1v) is 4.99. The van der Waals surface area contributed by atoms with Crippen molar-refractivity contribution >= 4 is 12.4 Å². The monoisotopic (exact) mass is 215 g/mol. The van der Waals surface area contributed by atoms with Crippen LogP contribution in [0.1, 0.15) is 27.2 Å². The van der Waals surface area contributed by atoms with Gasteiger partial charge in [-0.3, -0.25) is 4.90 Å². The van der Waals surface area contributed by atoms with Gasteiger partial charge in [-0.15, -0.1) is 0 Å². The quantitative estimate of drug-likeness (QED) is 0.649. The molecule has 0 spiro atoms. The van der Waals surface area contributed by atoms with Crippen molar-refractivity contribution in [3.63, 3.8) is 0 Å². The van der Waals surface area contributed by atoms with E-state index in [9.17, 15) is 9.59 Å². The third kappa shape index (κ3) is 3.51. The minimum Gasteiger partial charge on any atom is -0.444 e. The van der Waals surface area contributed by atoms with E-state index < -0.39 is 17.9 Å². The average molecular weight is 215 g/mol. The Hall–Kier alpha value is -1.10. The first kappa shape index (κ1) is 12.0. The summed E-state index contributed by atoms with van der Waals surface area (Å²) in [5, 5.41) is 0. The Balaban J connectivity index is 2.54. The molecule has 5 heteroatoms. The van der Waals surface area contributed by atoms with Crippen LogP contribution in [0, 0.1) is 0 Å². The van der Waals surface area contributed by atoms with Crippen LogP contribution in [0.3, 0.4) is 0 Å². The minimum absolute atomic E-state index is 0.194. The molecule has 0 N–H and O–H groups in total. The number of aldehydes is 1. The highest BCUT2D eigenvalue weighted by atomic mass is 16.6. The van der Waals surface area contributed by atoms with Crippen LogP contribution in [0.25, 0.3) is 0 Å². The molecule has 0 bridgehead atoms. The summed E-state index contributed by atoms with van der Waals surface area (Å²) in [4.78, 5) is 23.5. The molecule has 0 aliphatic carbocycles. The van der Waals surface area contributed by atoms with Crippen molar-refractivity contribution < 1.29 is 19.1 Å². The van der Waals surface area contributed by atoms with E-state index in [2.05, 4.69) is 0 Å². The number of rotatable bonds is 2. The second-order valence-electron chi connectivity index (χ2n) is 4.40. The zero-order chi connectivity index (χ0) is 11.5. The van der Waals surface area contributed by atoms with E-state index in [1.54, 1.807) is 20.8 Å². The molecule has 1 atom stereocenters. The van der Waals surface area contributed by atoms with Gasteiger partial charge in [0.15, 0.2) is 0 Å². The molecular formula is C10H17NO4. The maximum Gasteiger partial charge on any atom is 0.412 e. The third-order valence-electron chi connectivity index (χ3n) is 1.92. The second-order valence-corrected chi connectivity index (χ2v) is 4.40. The van der Waals surface area contributed by atoms with Gasteiger partial charge in [-0.1, -0.05) is 0 Å². The summed E-state index contributed by atoms with van der Waals surface area (Å²) in [6.07, 6.45) is 0.0521. The predicted molar refractivity (Wildman–Crippen MR) is 53.4 cm³/mol. The Bertz CT molecular complexity index is 246. The van der Waals surface area contributed by atoms with Gasteiger partial charge in [0.25, 0.3) is 0 Å². The van der Waals surface area contributed by atoms with Crippen LogP contribution >= 0.6 is 0 Å². The van der Waals surface area contributed by atoms with Gasteiger partial charge >= 0.3 is 6.09 Å². The summed E-state index contributed by atoms with van der Waals surface area (Å²) in [6, 6.07) is 0. The Morgan fingerprint density at radius 1 is 1.60 bits per heavy atom. The smallest absolute Gasteiger partial charge is 0.412 e. The zero-order valence-corrected chi connectivity index (χ0v) is 9.36. The fraction of sp³-hybridized carbons (Fsp3) is 0.800. The van der Waals surface area contributed by atoms with Crippen LogP contribution in [-0.2, 0) is 14.3 Å². The molecule has 86 valence electrons. The molecule has 1 saturated heterocycles. The summed E-state index contributed by atoms with van der Waals surface area (Å²) in [7, 11) is 0. The van der Waals surface area contributed by atoms with Crippen molar-refractivity contribution in [2.45, 2.75) is 39.0 Å². The van der Waals surface area contributed by atoms with Gasteiger partial charge in [0.2, 0.25) is 0 Å². The average Bonchev–Trinajstić information content (AvgIpc) is 2.49. The molecule has 0 aromatic heterocycles. The first-order valence-electron chi connectivity index (χ1n) is 4.99. The molecule has 1 amide bonds. The molecule has 1 heterocycles. The minimum atomic E-state index is -0.522. The van der Waals surface area contributed by atoms with Gasteiger partial charge in [-0.05, 0) is 20.8 Å². The number of ether oxygens (including phenoxy) is 2. The molecule has 0 radical (unpaired) electrons. The lowest BCUT2D eigenvalue weighted by Gasteiger charge is -2.26. The lowest BCUT2D eigenvalue weighted by atomic mass is 10.2. The van der Waals surface area contributed by atoms with Crippen molar-refractivity contribution in [2.24, 2.45) is 0 Å².